The molecule has 0 N–H and O–H groups in total. The van der Waals surface area contributed by atoms with Crippen molar-refractivity contribution in [2.45, 2.75) is 24.0 Å². The van der Waals surface area contributed by atoms with E-state index in [0.29, 0.717) is 11.0 Å². The summed E-state index contributed by atoms with van der Waals surface area (Å²) in [5.41, 5.74) is 2.20. The lowest BCUT2D eigenvalue weighted by Crippen LogP contribution is -2.04. The number of hydrogen-bond acceptors (Lipinski definition) is 7. The summed E-state index contributed by atoms with van der Waals surface area (Å²) in [5.74, 6) is 1.22. The normalized spacial score (nSPS) is 11.7. The van der Waals surface area contributed by atoms with Crippen molar-refractivity contribution in [1.29, 1.82) is 0 Å². The molecule has 0 aliphatic rings. The standard InChI is InChI=1S/C24H17F3N6OS/c1-15-6-2-3-10-19(15)33-22(17-8-5-11-28-13-17)30-31-23(33)35-14-20-29-21(32-34-20)16-7-4-9-18(12-16)24(25,26)27/h2-13H,14H2,1H3. The average Bonchev–Trinajstić information content (AvgIpc) is 3.50. The molecule has 0 bridgehead atoms. The number of alkyl halides is 3. The van der Waals surface area contributed by atoms with Crippen LogP contribution in [0.3, 0.4) is 0 Å². The molecule has 0 unspecified atom stereocenters. The Hall–Kier alpha value is -3.99. The van der Waals surface area contributed by atoms with Crippen molar-refractivity contribution in [3.8, 4) is 28.5 Å². The Morgan fingerprint density at radius 3 is 2.57 bits per heavy atom. The Labute approximate surface area is 202 Å². The van der Waals surface area contributed by atoms with Crippen molar-refractivity contribution < 1.29 is 17.7 Å². The van der Waals surface area contributed by atoms with Crippen LogP contribution >= 0.6 is 11.8 Å². The number of thioether (sulfide) groups is 1. The minimum Gasteiger partial charge on any atom is -0.338 e. The molecule has 0 fully saturated rings. The number of aromatic nitrogens is 6. The van der Waals surface area contributed by atoms with E-state index in [0.717, 1.165) is 28.9 Å². The first-order valence-corrected chi connectivity index (χ1v) is 11.4. The Kier molecular flexibility index (Phi) is 6.08. The Bertz CT molecular complexity index is 1470. The van der Waals surface area contributed by atoms with Crippen molar-refractivity contribution in [3.63, 3.8) is 0 Å². The molecule has 5 aromatic rings. The van der Waals surface area contributed by atoms with E-state index in [1.807, 2.05) is 47.9 Å². The molecule has 0 spiro atoms. The fourth-order valence-electron chi connectivity index (χ4n) is 3.47. The van der Waals surface area contributed by atoms with Crippen LogP contribution in [0, 0.1) is 6.92 Å². The second-order valence-electron chi connectivity index (χ2n) is 7.55. The van der Waals surface area contributed by atoms with Crippen LogP contribution in [0.2, 0.25) is 0 Å². The largest absolute Gasteiger partial charge is 0.416 e. The fourth-order valence-corrected chi connectivity index (χ4v) is 4.25. The molecule has 0 aliphatic carbocycles. The smallest absolute Gasteiger partial charge is 0.338 e. The highest BCUT2D eigenvalue weighted by Gasteiger charge is 2.30. The van der Waals surface area contributed by atoms with Crippen LogP contribution in [0.5, 0.6) is 0 Å². The zero-order chi connectivity index (χ0) is 24.4. The third-order valence-corrected chi connectivity index (χ3v) is 6.06. The minimum atomic E-state index is -4.45. The maximum atomic E-state index is 13.0. The Morgan fingerprint density at radius 1 is 0.971 bits per heavy atom. The molecular formula is C24H17F3N6OS. The molecular weight excluding hydrogens is 477 g/mol. The number of para-hydroxylation sites is 1. The van der Waals surface area contributed by atoms with Gasteiger partial charge in [0.25, 0.3) is 0 Å². The molecule has 176 valence electrons. The van der Waals surface area contributed by atoms with Gasteiger partial charge in [0.1, 0.15) is 0 Å². The van der Waals surface area contributed by atoms with E-state index in [2.05, 4.69) is 25.3 Å². The maximum absolute atomic E-state index is 13.0. The third-order valence-electron chi connectivity index (χ3n) is 5.15. The van der Waals surface area contributed by atoms with Crippen molar-refractivity contribution in [1.82, 2.24) is 29.9 Å². The summed E-state index contributed by atoms with van der Waals surface area (Å²) in [6.45, 7) is 2.00. The van der Waals surface area contributed by atoms with Crippen LogP contribution in [0.15, 0.2) is 82.7 Å². The van der Waals surface area contributed by atoms with Crippen LogP contribution in [0.4, 0.5) is 13.2 Å². The van der Waals surface area contributed by atoms with E-state index in [-0.39, 0.29) is 23.0 Å². The molecule has 0 atom stereocenters. The van der Waals surface area contributed by atoms with Crippen LogP contribution in [0.1, 0.15) is 17.0 Å². The molecule has 7 nitrogen and oxygen atoms in total. The van der Waals surface area contributed by atoms with Gasteiger partial charge in [-0.15, -0.1) is 10.2 Å². The summed E-state index contributed by atoms with van der Waals surface area (Å²) >= 11 is 1.33. The molecule has 0 saturated heterocycles. The Morgan fingerprint density at radius 2 is 1.80 bits per heavy atom. The van der Waals surface area contributed by atoms with Gasteiger partial charge in [-0.05, 0) is 42.8 Å². The van der Waals surface area contributed by atoms with E-state index in [9.17, 15) is 13.2 Å². The highest BCUT2D eigenvalue weighted by atomic mass is 32.2. The molecule has 3 heterocycles. The summed E-state index contributed by atoms with van der Waals surface area (Å²) in [5, 5.41) is 13.2. The summed E-state index contributed by atoms with van der Waals surface area (Å²) in [7, 11) is 0. The minimum absolute atomic E-state index is 0.0862. The van der Waals surface area contributed by atoms with Crippen LogP contribution in [0.25, 0.3) is 28.5 Å². The number of aryl methyl sites for hydroxylation is 1. The molecule has 0 saturated carbocycles. The van der Waals surface area contributed by atoms with Gasteiger partial charge in [-0.1, -0.05) is 47.3 Å². The maximum Gasteiger partial charge on any atom is 0.416 e. The van der Waals surface area contributed by atoms with Gasteiger partial charge >= 0.3 is 6.18 Å². The van der Waals surface area contributed by atoms with E-state index in [1.165, 1.54) is 23.9 Å². The SMILES string of the molecule is Cc1ccccc1-n1c(SCc2nc(-c3cccc(C(F)(F)F)c3)no2)nnc1-c1cccnc1. The van der Waals surface area contributed by atoms with Gasteiger partial charge in [-0.3, -0.25) is 9.55 Å². The zero-order valence-electron chi connectivity index (χ0n) is 18.3. The first-order chi connectivity index (χ1) is 16.9. The predicted molar refractivity (Wildman–Crippen MR) is 124 cm³/mol. The summed E-state index contributed by atoms with van der Waals surface area (Å²) in [4.78, 5) is 8.45. The lowest BCUT2D eigenvalue weighted by molar-refractivity contribution is -0.137. The Balaban J connectivity index is 1.43. The topological polar surface area (TPSA) is 82.5 Å². The van der Waals surface area contributed by atoms with Crippen LogP contribution in [-0.2, 0) is 11.9 Å². The van der Waals surface area contributed by atoms with Gasteiger partial charge < -0.3 is 4.52 Å². The molecule has 3 aromatic heterocycles. The first-order valence-electron chi connectivity index (χ1n) is 10.4. The van der Waals surface area contributed by atoms with Gasteiger partial charge in [-0.25, -0.2) is 0 Å². The van der Waals surface area contributed by atoms with E-state index in [4.69, 9.17) is 4.52 Å². The lowest BCUT2D eigenvalue weighted by atomic mass is 10.1. The monoisotopic (exact) mass is 494 g/mol. The zero-order valence-corrected chi connectivity index (χ0v) is 19.1. The van der Waals surface area contributed by atoms with Crippen LogP contribution < -0.4 is 0 Å². The number of benzene rings is 2. The van der Waals surface area contributed by atoms with Crippen molar-refractivity contribution >= 4 is 11.8 Å². The lowest BCUT2D eigenvalue weighted by Gasteiger charge is -2.12. The van der Waals surface area contributed by atoms with Gasteiger partial charge in [-0.2, -0.15) is 18.2 Å². The number of rotatable bonds is 6. The molecule has 11 heteroatoms. The van der Waals surface area contributed by atoms with Gasteiger partial charge in [0.2, 0.25) is 11.7 Å². The number of hydrogen-bond donors (Lipinski definition) is 0. The summed E-state index contributed by atoms with van der Waals surface area (Å²) in [6, 6.07) is 16.4. The highest BCUT2D eigenvalue weighted by molar-refractivity contribution is 7.98. The van der Waals surface area contributed by atoms with Crippen molar-refractivity contribution in [2.24, 2.45) is 0 Å². The fraction of sp³-hybridized carbons (Fsp3) is 0.125. The van der Waals surface area contributed by atoms with Crippen LogP contribution in [-0.4, -0.2) is 29.9 Å². The molecule has 35 heavy (non-hydrogen) atoms. The number of pyridine rings is 1. The molecule has 0 amide bonds. The van der Waals surface area contributed by atoms with Crippen molar-refractivity contribution in [2.75, 3.05) is 0 Å². The highest BCUT2D eigenvalue weighted by Crippen LogP contribution is 2.33. The van der Waals surface area contributed by atoms with E-state index in [1.54, 1.807) is 12.4 Å². The summed E-state index contributed by atoms with van der Waals surface area (Å²) in [6.07, 6.45) is -1.05. The average molecular weight is 495 g/mol. The second kappa shape index (κ2) is 9.34. The molecule has 5 rings (SSSR count). The second-order valence-corrected chi connectivity index (χ2v) is 8.49. The molecule has 0 radical (unpaired) electrons. The van der Waals surface area contributed by atoms with E-state index >= 15 is 0 Å². The summed E-state index contributed by atoms with van der Waals surface area (Å²) < 4.78 is 46.4. The van der Waals surface area contributed by atoms with E-state index < -0.39 is 11.7 Å². The van der Waals surface area contributed by atoms with Gasteiger partial charge in [0.15, 0.2) is 11.0 Å². The number of nitrogens with zero attached hydrogens (tertiary/aromatic N) is 6. The van der Waals surface area contributed by atoms with Crippen molar-refractivity contribution in [3.05, 3.63) is 90.1 Å². The predicted octanol–water partition coefficient (Wildman–Crippen LogP) is 6.00. The first kappa shape index (κ1) is 22.8. The quantitative estimate of drug-likeness (QED) is 0.268. The molecule has 2 aromatic carbocycles. The molecule has 0 aliphatic heterocycles. The number of halogens is 3. The van der Waals surface area contributed by atoms with Gasteiger partial charge in [0.05, 0.1) is 17.0 Å². The van der Waals surface area contributed by atoms with Gasteiger partial charge in [0, 0.05) is 23.5 Å². The third kappa shape index (κ3) is 4.80.